The van der Waals surface area contributed by atoms with E-state index >= 15 is 0 Å². The number of hydrogen-bond acceptors (Lipinski definition) is 3. The highest BCUT2D eigenvalue weighted by molar-refractivity contribution is 5.49. The summed E-state index contributed by atoms with van der Waals surface area (Å²) in [5.41, 5.74) is 0. The van der Waals surface area contributed by atoms with Crippen molar-refractivity contribution in [2.24, 2.45) is 5.92 Å². The molecule has 0 aromatic heterocycles. The largest absolute Gasteiger partial charge is 0.392 e. The van der Waals surface area contributed by atoms with Crippen molar-refractivity contribution in [2.75, 3.05) is 13.1 Å². The number of rotatable bonds is 2. The lowest BCUT2D eigenvalue weighted by molar-refractivity contribution is -0.109. The highest BCUT2D eigenvalue weighted by Crippen LogP contribution is 2.14. The highest BCUT2D eigenvalue weighted by Gasteiger charge is 2.21. The fourth-order valence-electron chi connectivity index (χ4n) is 1.29. The standard InChI is InChI=1S/C7H13NO2/c9-4-2-6-1-3-8-5-7(6)10/h4,6-8,10H,1-3,5H2. The van der Waals surface area contributed by atoms with Gasteiger partial charge in [-0.2, -0.15) is 0 Å². The molecule has 1 aliphatic rings. The number of β-amino-alcohol motifs (C(OH)–C–C–N with tert-alkyl or cyclic N) is 1. The number of carbonyl (C=O) groups is 1. The quantitative estimate of drug-likeness (QED) is 0.514. The van der Waals surface area contributed by atoms with Gasteiger partial charge in [-0.3, -0.25) is 0 Å². The first-order valence-electron chi connectivity index (χ1n) is 3.67. The Balaban J connectivity index is 2.32. The van der Waals surface area contributed by atoms with Crippen LogP contribution in [-0.4, -0.2) is 30.6 Å². The van der Waals surface area contributed by atoms with E-state index in [0.717, 1.165) is 19.3 Å². The van der Waals surface area contributed by atoms with E-state index < -0.39 is 0 Å². The Morgan fingerprint density at radius 3 is 3.10 bits per heavy atom. The average molecular weight is 143 g/mol. The predicted molar refractivity (Wildman–Crippen MR) is 37.7 cm³/mol. The van der Waals surface area contributed by atoms with Gasteiger partial charge >= 0.3 is 0 Å². The Kier molecular flexibility index (Phi) is 2.83. The summed E-state index contributed by atoms with van der Waals surface area (Å²) in [7, 11) is 0. The molecule has 0 bridgehead atoms. The van der Waals surface area contributed by atoms with Crippen molar-refractivity contribution >= 4 is 6.29 Å². The molecule has 1 heterocycles. The van der Waals surface area contributed by atoms with Crippen LogP contribution in [-0.2, 0) is 4.79 Å². The lowest BCUT2D eigenvalue weighted by Crippen LogP contribution is -2.40. The Labute approximate surface area is 60.4 Å². The summed E-state index contributed by atoms with van der Waals surface area (Å²) in [5.74, 6) is 0.193. The molecule has 0 spiro atoms. The van der Waals surface area contributed by atoms with Crippen molar-refractivity contribution in [3.05, 3.63) is 0 Å². The molecule has 0 aromatic carbocycles. The predicted octanol–water partition coefficient (Wildman–Crippen LogP) is -0.454. The molecule has 3 nitrogen and oxygen atoms in total. The van der Waals surface area contributed by atoms with Crippen LogP contribution in [0, 0.1) is 5.92 Å². The molecule has 58 valence electrons. The van der Waals surface area contributed by atoms with Crippen LogP contribution in [0.25, 0.3) is 0 Å². The third-order valence-electron chi connectivity index (χ3n) is 1.99. The van der Waals surface area contributed by atoms with E-state index in [1.165, 1.54) is 0 Å². The molecule has 1 fully saturated rings. The maximum Gasteiger partial charge on any atom is 0.120 e. The normalized spacial score (nSPS) is 33.7. The minimum absolute atomic E-state index is 0.193. The minimum Gasteiger partial charge on any atom is -0.392 e. The molecule has 1 aliphatic heterocycles. The van der Waals surface area contributed by atoms with Crippen molar-refractivity contribution in [1.82, 2.24) is 5.32 Å². The number of hydrogen-bond donors (Lipinski definition) is 2. The average Bonchev–Trinajstić information content (AvgIpc) is 1.94. The minimum atomic E-state index is -0.320. The summed E-state index contributed by atoms with van der Waals surface area (Å²) >= 11 is 0. The topological polar surface area (TPSA) is 49.3 Å². The number of piperidine rings is 1. The van der Waals surface area contributed by atoms with Gasteiger partial charge in [-0.15, -0.1) is 0 Å². The zero-order valence-corrected chi connectivity index (χ0v) is 5.92. The summed E-state index contributed by atoms with van der Waals surface area (Å²) in [6.45, 7) is 1.56. The molecule has 0 saturated carbocycles. The summed E-state index contributed by atoms with van der Waals surface area (Å²) in [5, 5.41) is 12.3. The summed E-state index contributed by atoms with van der Waals surface area (Å²) in [6, 6.07) is 0. The van der Waals surface area contributed by atoms with Crippen molar-refractivity contribution in [3.8, 4) is 0 Å². The van der Waals surface area contributed by atoms with E-state index in [0.29, 0.717) is 13.0 Å². The monoisotopic (exact) mass is 143 g/mol. The second-order valence-corrected chi connectivity index (χ2v) is 2.72. The summed E-state index contributed by atoms with van der Waals surface area (Å²) in [4.78, 5) is 10.1. The van der Waals surface area contributed by atoms with Gasteiger partial charge < -0.3 is 15.2 Å². The lowest BCUT2D eigenvalue weighted by Gasteiger charge is -2.26. The van der Waals surface area contributed by atoms with Crippen molar-refractivity contribution in [3.63, 3.8) is 0 Å². The van der Waals surface area contributed by atoms with Crippen LogP contribution in [0.4, 0.5) is 0 Å². The van der Waals surface area contributed by atoms with Gasteiger partial charge in [0.2, 0.25) is 0 Å². The molecule has 2 unspecified atom stereocenters. The van der Waals surface area contributed by atoms with Crippen molar-refractivity contribution in [2.45, 2.75) is 18.9 Å². The second-order valence-electron chi connectivity index (χ2n) is 2.72. The van der Waals surface area contributed by atoms with Crippen molar-refractivity contribution in [1.29, 1.82) is 0 Å². The van der Waals surface area contributed by atoms with Gasteiger partial charge in [0.1, 0.15) is 6.29 Å². The first-order valence-corrected chi connectivity index (χ1v) is 3.67. The Morgan fingerprint density at radius 2 is 2.50 bits per heavy atom. The van der Waals surface area contributed by atoms with Crippen LogP contribution in [0.15, 0.2) is 0 Å². The zero-order chi connectivity index (χ0) is 7.40. The van der Waals surface area contributed by atoms with Gasteiger partial charge in [-0.25, -0.2) is 0 Å². The fraction of sp³-hybridized carbons (Fsp3) is 0.857. The summed E-state index contributed by atoms with van der Waals surface area (Å²) < 4.78 is 0. The molecular weight excluding hydrogens is 130 g/mol. The SMILES string of the molecule is O=CCC1CCNCC1O. The molecule has 10 heavy (non-hydrogen) atoms. The van der Waals surface area contributed by atoms with E-state index in [1.807, 2.05) is 0 Å². The van der Waals surface area contributed by atoms with E-state index in [9.17, 15) is 9.90 Å². The van der Waals surface area contributed by atoms with E-state index in [2.05, 4.69) is 5.32 Å². The number of carbonyl (C=O) groups excluding carboxylic acids is 1. The molecule has 2 atom stereocenters. The molecule has 0 aliphatic carbocycles. The second kappa shape index (κ2) is 3.68. The molecular formula is C7H13NO2. The van der Waals surface area contributed by atoms with Gasteiger partial charge in [0, 0.05) is 13.0 Å². The van der Waals surface area contributed by atoms with Crippen LogP contribution in [0.5, 0.6) is 0 Å². The lowest BCUT2D eigenvalue weighted by atomic mass is 9.93. The van der Waals surface area contributed by atoms with Crippen LogP contribution >= 0.6 is 0 Å². The van der Waals surface area contributed by atoms with Crippen LogP contribution < -0.4 is 5.32 Å². The van der Waals surface area contributed by atoms with Crippen molar-refractivity contribution < 1.29 is 9.90 Å². The van der Waals surface area contributed by atoms with E-state index in [1.54, 1.807) is 0 Å². The fourth-order valence-corrected chi connectivity index (χ4v) is 1.29. The number of aliphatic hydroxyl groups excluding tert-OH is 1. The van der Waals surface area contributed by atoms with Crippen LogP contribution in [0.1, 0.15) is 12.8 Å². The Bertz CT molecular complexity index is 116. The molecule has 3 heteroatoms. The number of aliphatic hydroxyl groups is 1. The number of nitrogens with one attached hydrogen (secondary N) is 1. The molecule has 1 rings (SSSR count). The van der Waals surface area contributed by atoms with E-state index in [4.69, 9.17) is 0 Å². The van der Waals surface area contributed by atoms with Gasteiger partial charge in [-0.05, 0) is 18.9 Å². The highest BCUT2D eigenvalue weighted by atomic mass is 16.3. The molecule has 1 saturated heterocycles. The summed E-state index contributed by atoms with van der Waals surface area (Å²) in [6.07, 6.45) is 1.99. The van der Waals surface area contributed by atoms with Gasteiger partial charge in [0.25, 0.3) is 0 Å². The third-order valence-corrected chi connectivity index (χ3v) is 1.99. The first-order chi connectivity index (χ1) is 4.84. The first kappa shape index (κ1) is 7.69. The smallest absolute Gasteiger partial charge is 0.120 e. The maximum absolute atomic E-state index is 10.1. The Hall–Kier alpha value is -0.410. The molecule has 0 aromatic rings. The Morgan fingerprint density at radius 1 is 1.70 bits per heavy atom. The van der Waals surface area contributed by atoms with Crippen LogP contribution in [0.3, 0.4) is 0 Å². The van der Waals surface area contributed by atoms with E-state index in [-0.39, 0.29) is 12.0 Å². The molecule has 0 radical (unpaired) electrons. The van der Waals surface area contributed by atoms with Gasteiger partial charge in [0.05, 0.1) is 6.10 Å². The van der Waals surface area contributed by atoms with Gasteiger partial charge in [0.15, 0.2) is 0 Å². The third kappa shape index (κ3) is 1.78. The molecule has 0 amide bonds. The van der Waals surface area contributed by atoms with Gasteiger partial charge in [-0.1, -0.05) is 0 Å². The molecule has 2 N–H and O–H groups in total. The maximum atomic E-state index is 10.1. The number of aldehydes is 1. The zero-order valence-electron chi connectivity index (χ0n) is 5.92. The van der Waals surface area contributed by atoms with Crippen LogP contribution in [0.2, 0.25) is 0 Å².